The summed E-state index contributed by atoms with van der Waals surface area (Å²) in [5.41, 5.74) is 7.03. The summed E-state index contributed by atoms with van der Waals surface area (Å²) in [5, 5.41) is 2.44. The van der Waals surface area contributed by atoms with Crippen LogP contribution in [0.1, 0.15) is 17.5 Å². The molecule has 0 aliphatic carbocycles. The Hall–Kier alpha value is -2.45. The van der Waals surface area contributed by atoms with Gasteiger partial charge in [0.15, 0.2) is 11.7 Å². The summed E-state index contributed by atoms with van der Waals surface area (Å²) >= 11 is 8.38. The minimum absolute atomic E-state index is 0.00338. The molecule has 2 amide bonds. The highest BCUT2D eigenvalue weighted by atomic mass is 79.9. The van der Waals surface area contributed by atoms with Crippen LogP contribution in [-0.2, 0) is 16.0 Å². The predicted octanol–water partition coefficient (Wildman–Crippen LogP) is 2.79. The lowest BCUT2D eigenvalue weighted by Crippen LogP contribution is -2.49. The van der Waals surface area contributed by atoms with Gasteiger partial charge in [0.2, 0.25) is 5.91 Å². The highest BCUT2D eigenvalue weighted by molar-refractivity contribution is 9.10. The van der Waals surface area contributed by atoms with Crippen LogP contribution >= 0.6 is 28.1 Å². The second kappa shape index (κ2) is 10.6. The number of carbonyl (C=O) groups is 2. The lowest BCUT2D eigenvalue weighted by atomic mass is 10.1. The summed E-state index contributed by atoms with van der Waals surface area (Å²) in [7, 11) is 0. The number of aryl methyl sites for hydroxylation is 2. The molecule has 27 heavy (non-hydrogen) atoms. The Balaban J connectivity index is 1.64. The maximum absolute atomic E-state index is 11.8. The number of hydrogen-bond acceptors (Lipinski definition) is 4. The van der Waals surface area contributed by atoms with Crippen molar-refractivity contribution in [3.05, 3.63) is 64.1 Å². The van der Waals surface area contributed by atoms with Gasteiger partial charge in [-0.05, 0) is 54.9 Å². The Morgan fingerprint density at radius 3 is 2.52 bits per heavy atom. The number of carbonyl (C=O) groups excluding carboxylic acids is 2. The molecule has 0 radical (unpaired) electrons. The van der Waals surface area contributed by atoms with E-state index in [9.17, 15) is 9.59 Å². The molecule has 0 atom stereocenters. The van der Waals surface area contributed by atoms with Crippen molar-refractivity contribution in [2.24, 2.45) is 0 Å². The monoisotopic (exact) mass is 449 g/mol. The van der Waals surface area contributed by atoms with Crippen molar-refractivity contribution >= 4 is 45.1 Å². The second-order valence-corrected chi connectivity index (χ2v) is 7.00. The standard InChI is InChI=1S/C19H20BrN3O3S/c1-13-11-15(8-9-16(13)20)26-12-18(25)21-19(27)23-22-17(24)10-7-14-5-3-2-4-6-14/h2-6,8-9,11H,7,10,12H2,1H3,(H,22,24)(H2,21,23,25,27). The van der Waals surface area contributed by atoms with Crippen molar-refractivity contribution in [3.8, 4) is 5.75 Å². The van der Waals surface area contributed by atoms with Gasteiger partial charge in [0.25, 0.3) is 5.91 Å². The normalized spacial score (nSPS) is 10.0. The van der Waals surface area contributed by atoms with E-state index in [-0.39, 0.29) is 17.6 Å². The second-order valence-electron chi connectivity index (χ2n) is 5.74. The first-order chi connectivity index (χ1) is 12.9. The van der Waals surface area contributed by atoms with Gasteiger partial charge in [0, 0.05) is 10.9 Å². The Morgan fingerprint density at radius 1 is 1.07 bits per heavy atom. The molecule has 0 aromatic heterocycles. The largest absolute Gasteiger partial charge is 0.484 e. The smallest absolute Gasteiger partial charge is 0.264 e. The van der Waals surface area contributed by atoms with Crippen LogP contribution in [0.5, 0.6) is 5.75 Å². The fourth-order valence-electron chi connectivity index (χ4n) is 2.14. The summed E-state index contributed by atoms with van der Waals surface area (Å²) in [6.07, 6.45) is 0.924. The minimum Gasteiger partial charge on any atom is -0.484 e. The Kier molecular flexibility index (Phi) is 8.22. The topological polar surface area (TPSA) is 79.5 Å². The number of rotatable bonds is 6. The van der Waals surface area contributed by atoms with Crippen molar-refractivity contribution < 1.29 is 14.3 Å². The van der Waals surface area contributed by atoms with Crippen LogP contribution in [-0.4, -0.2) is 23.5 Å². The molecule has 0 saturated carbocycles. The molecule has 0 aliphatic heterocycles. The molecule has 8 heteroatoms. The zero-order valence-corrected chi connectivity index (χ0v) is 17.2. The average Bonchev–Trinajstić information content (AvgIpc) is 2.66. The molecule has 142 valence electrons. The van der Waals surface area contributed by atoms with Crippen LogP contribution in [0.15, 0.2) is 53.0 Å². The van der Waals surface area contributed by atoms with E-state index in [1.807, 2.05) is 49.4 Å². The molecular formula is C19H20BrN3O3S. The third-order valence-corrected chi connectivity index (χ3v) is 4.65. The first kappa shape index (κ1) is 20.9. The van der Waals surface area contributed by atoms with Crippen LogP contribution in [0, 0.1) is 6.92 Å². The Labute approximate surface area is 171 Å². The van der Waals surface area contributed by atoms with Gasteiger partial charge in [0.1, 0.15) is 5.75 Å². The van der Waals surface area contributed by atoms with E-state index in [4.69, 9.17) is 17.0 Å². The van der Waals surface area contributed by atoms with Crippen molar-refractivity contribution in [1.82, 2.24) is 16.2 Å². The van der Waals surface area contributed by atoms with Gasteiger partial charge in [-0.15, -0.1) is 0 Å². The van der Waals surface area contributed by atoms with Gasteiger partial charge in [-0.2, -0.15) is 0 Å². The number of nitrogens with one attached hydrogen (secondary N) is 3. The predicted molar refractivity (Wildman–Crippen MR) is 111 cm³/mol. The maximum atomic E-state index is 11.8. The van der Waals surface area contributed by atoms with Crippen LogP contribution in [0.3, 0.4) is 0 Å². The molecule has 0 spiro atoms. The molecule has 2 aromatic carbocycles. The Bertz CT molecular complexity index is 815. The number of halogens is 1. The number of ether oxygens (including phenoxy) is 1. The van der Waals surface area contributed by atoms with Gasteiger partial charge in [-0.1, -0.05) is 46.3 Å². The summed E-state index contributed by atoms with van der Waals surface area (Å²) in [5.74, 6) is -0.0670. The van der Waals surface area contributed by atoms with E-state index in [0.717, 1.165) is 15.6 Å². The van der Waals surface area contributed by atoms with Crippen LogP contribution in [0.2, 0.25) is 0 Å². The highest BCUT2D eigenvalue weighted by Gasteiger charge is 2.08. The van der Waals surface area contributed by atoms with E-state index in [2.05, 4.69) is 32.1 Å². The molecule has 0 bridgehead atoms. The molecule has 6 nitrogen and oxygen atoms in total. The molecule has 0 unspecified atom stereocenters. The molecule has 3 N–H and O–H groups in total. The van der Waals surface area contributed by atoms with Crippen LogP contribution in [0.4, 0.5) is 0 Å². The molecule has 0 aliphatic rings. The maximum Gasteiger partial charge on any atom is 0.264 e. The number of amides is 2. The van der Waals surface area contributed by atoms with Gasteiger partial charge in [-0.3, -0.25) is 25.8 Å². The van der Waals surface area contributed by atoms with Gasteiger partial charge < -0.3 is 4.74 Å². The summed E-state index contributed by atoms with van der Waals surface area (Å²) in [6, 6.07) is 15.1. The molecule has 0 heterocycles. The van der Waals surface area contributed by atoms with Crippen LogP contribution < -0.4 is 20.9 Å². The molecular weight excluding hydrogens is 430 g/mol. The summed E-state index contributed by atoms with van der Waals surface area (Å²) in [4.78, 5) is 23.7. The third-order valence-electron chi connectivity index (χ3n) is 3.55. The molecule has 2 rings (SSSR count). The third kappa shape index (κ3) is 7.76. The fraction of sp³-hybridized carbons (Fsp3) is 0.211. The zero-order valence-electron chi connectivity index (χ0n) is 14.8. The van der Waals surface area contributed by atoms with Crippen molar-refractivity contribution in [2.75, 3.05) is 6.61 Å². The summed E-state index contributed by atoms with van der Waals surface area (Å²) in [6.45, 7) is 1.74. The summed E-state index contributed by atoms with van der Waals surface area (Å²) < 4.78 is 6.38. The van der Waals surface area contributed by atoms with E-state index in [1.54, 1.807) is 6.07 Å². The van der Waals surface area contributed by atoms with Gasteiger partial charge in [0.05, 0.1) is 0 Å². The van der Waals surface area contributed by atoms with Crippen molar-refractivity contribution in [1.29, 1.82) is 0 Å². The van der Waals surface area contributed by atoms with E-state index in [1.165, 1.54) is 0 Å². The quantitative estimate of drug-likeness (QED) is 0.466. The van der Waals surface area contributed by atoms with Crippen molar-refractivity contribution in [2.45, 2.75) is 19.8 Å². The van der Waals surface area contributed by atoms with Crippen molar-refractivity contribution in [3.63, 3.8) is 0 Å². The lowest BCUT2D eigenvalue weighted by Gasteiger charge is -2.11. The number of hydrazine groups is 1. The highest BCUT2D eigenvalue weighted by Crippen LogP contribution is 2.21. The lowest BCUT2D eigenvalue weighted by molar-refractivity contribution is -0.123. The van der Waals surface area contributed by atoms with Gasteiger partial charge in [-0.25, -0.2) is 0 Å². The SMILES string of the molecule is Cc1cc(OCC(=O)NC(=S)NNC(=O)CCc2ccccc2)ccc1Br. The minimum atomic E-state index is -0.424. The van der Waals surface area contributed by atoms with Crippen LogP contribution in [0.25, 0.3) is 0 Å². The fourth-order valence-corrected chi connectivity index (χ4v) is 2.55. The molecule has 0 fully saturated rings. The average molecular weight is 450 g/mol. The first-order valence-corrected chi connectivity index (χ1v) is 9.45. The number of hydrogen-bond donors (Lipinski definition) is 3. The first-order valence-electron chi connectivity index (χ1n) is 8.25. The zero-order chi connectivity index (χ0) is 19.6. The molecule has 0 saturated heterocycles. The van der Waals surface area contributed by atoms with E-state index in [0.29, 0.717) is 18.6 Å². The van der Waals surface area contributed by atoms with Gasteiger partial charge >= 0.3 is 0 Å². The van der Waals surface area contributed by atoms with E-state index >= 15 is 0 Å². The molecule has 2 aromatic rings. The Morgan fingerprint density at radius 2 is 1.81 bits per heavy atom. The number of thiocarbonyl (C=S) groups is 1. The van der Waals surface area contributed by atoms with E-state index < -0.39 is 5.91 Å². The number of benzene rings is 2.